The molecule has 3 rings (SSSR count). The number of alkyl halides is 3. The molecule has 0 bridgehead atoms. The molecule has 7 heteroatoms. The normalized spacial score (nSPS) is 11.4. The van der Waals surface area contributed by atoms with Crippen LogP contribution >= 0.6 is 0 Å². The van der Waals surface area contributed by atoms with E-state index in [9.17, 15) is 18.0 Å². The number of benzene rings is 2. The van der Waals surface area contributed by atoms with Gasteiger partial charge in [-0.3, -0.25) is 4.79 Å². The Morgan fingerprint density at radius 3 is 2.31 bits per heavy atom. The molecule has 0 fully saturated rings. The fourth-order valence-electron chi connectivity index (χ4n) is 2.62. The SMILES string of the molecule is CC(C)C(=O)Nc1cccc(-c2ccc(Nc3cccc(C(F)(F)F)c3)nc2)c1. The predicted octanol–water partition coefficient (Wildman–Crippen LogP) is 6.11. The molecule has 0 aliphatic carbocycles. The lowest BCUT2D eigenvalue weighted by atomic mass is 10.1. The highest BCUT2D eigenvalue weighted by Gasteiger charge is 2.30. The van der Waals surface area contributed by atoms with Gasteiger partial charge < -0.3 is 10.6 Å². The number of carbonyl (C=O) groups excluding carboxylic acids is 1. The van der Waals surface area contributed by atoms with Crippen LogP contribution in [0.3, 0.4) is 0 Å². The quantitative estimate of drug-likeness (QED) is 0.545. The maximum atomic E-state index is 12.8. The van der Waals surface area contributed by atoms with Crippen LogP contribution in [-0.2, 0) is 11.0 Å². The summed E-state index contributed by atoms with van der Waals surface area (Å²) in [5.41, 5.74) is 1.95. The Balaban J connectivity index is 1.75. The number of hydrogen-bond acceptors (Lipinski definition) is 3. The highest BCUT2D eigenvalue weighted by molar-refractivity contribution is 5.92. The largest absolute Gasteiger partial charge is 0.416 e. The predicted molar refractivity (Wildman–Crippen MR) is 108 cm³/mol. The molecule has 1 amide bonds. The highest BCUT2D eigenvalue weighted by Crippen LogP contribution is 2.31. The topological polar surface area (TPSA) is 54.0 Å². The summed E-state index contributed by atoms with van der Waals surface area (Å²) in [5, 5.41) is 5.73. The summed E-state index contributed by atoms with van der Waals surface area (Å²) in [5.74, 6) is 0.236. The van der Waals surface area contributed by atoms with Gasteiger partial charge in [-0.15, -0.1) is 0 Å². The maximum absolute atomic E-state index is 12.8. The summed E-state index contributed by atoms with van der Waals surface area (Å²) >= 11 is 0. The van der Waals surface area contributed by atoms with Crippen molar-refractivity contribution < 1.29 is 18.0 Å². The van der Waals surface area contributed by atoms with Crippen LogP contribution in [0.5, 0.6) is 0 Å². The third-order valence-electron chi connectivity index (χ3n) is 4.21. The molecule has 4 nitrogen and oxygen atoms in total. The second kappa shape index (κ2) is 8.34. The Labute approximate surface area is 166 Å². The van der Waals surface area contributed by atoms with Crippen molar-refractivity contribution in [1.82, 2.24) is 4.98 Å². The molecule has 0 aliphatic heterocycles. The first-order chi connectivity index (χ1) is 13.7. The van der Waals surface area contributed by atoms with E-state index in [1.54, 1.807) is 24.4 Å². The fraction of sp³-hybridized carbons (Fsp3) is 0.182. The first kappa shape index (κ1) is 20.4. The van der Waals surface area contributed by atoms with Gasteiger partial charge >= 0.3 is 6.18 Å². The van der Waals surface area contributed by atoms with E-state index in [-0.39, 0.29) is 11.8 Å². The lowest BCUT2D eigenvalue weighted by Gasteiger charge is -2.11. The summed E-state index contributed by atoms with van der Waals surface area (Å²) in [7, 11) is 0. The van der Waals surface area contributed by atoms with E-state index in [0.717, 1.165) is 23.3 Å². The van der Waals surface area contributed by atoms with Gasteiger partial charge in [0.25, 0.3) is 0 Å². The summed E-state index contributed by atoms with van der Waals surface area (Å²) in [6.07, 6.45) is -2.77. The molecule has 2 N–H and O–H groups in total. The number of aromatic nitrogens is 1. The molecule has 0 saturated carbocycles. The van der Waals surface area contributed by atoms with E-state index in [2.05, 4.69) is 15.6 Å². The van der Waals surface area contributed by atoms with E-state index in [4.69, 9.17) is 0 Å². The number of carbonyl (C=O) groups is 1. The zero-order chi connectivity index (χ0) is 21.0. The molecule has 1 aromatic heterocycles. The molecule has 0 aliphatic rings. The summed E-state index contributed by atoms with van der Waals surface area (Å²) in [6, 6.07) is 15.8. The Morgan fingerprint density at radius 2 is 1.66 bits per heavy atom. The van der Waals surface area contributed by atoms with Crippen LogP contribution in [0.4, 0.5) is 30.4 Å². The second-order valence-electron chi connectivity index (χ2n) is 6.86. The van der Waals surface area contributed by atoms with Gasteiger partial charge in [-0.1, -0.05) is 32.0 Å². The molecule has 150 valence electrons. The van der Waals surface area contributed by atoms with Crippen LogP contribution in [0.1, 0.15) is 19.4 Å². The van der Waals surface area contributed by atoms with Crippen LogP contribution in [-0.4, -0.2) is 10.9 Å². The van der Waals surface area contributed by atoms with Gasteiger partial charge in [0, 0.05) is 29.1 Å². The number of nitrogens with one attached hydrogen (secondary N) is 2. The van der Waals surface area contributed by atoms with Crippen LogP contribution in [0.2, 0.25) is 0 Å². The third kappa shape index (κ3) is 5.34. The average molecular weight is 399 g/mol. The molecular formula is C22H20F3N3O. The van der Waals surface area contributed by atoms with Crippen LogP contribution in [0, 0.1) is 5.92 Å². The van der Waals surface area contributed by atoms with Gasteiger partial charge in [0.2, 0.25) is 5.91 Å². The minimum atomic E-state index is -4.40. The zero-order valence-corrected chi connectivity index (χ0v) is 15.9. The monoisotopic (exact) mass is 399 g/mol. The zero-order valence-electron chi connectivity index (χ0n) is 15.9. The van der Waals surface area contributed by atoms with Gasteiger partial charge in [-0.25, -0.2) is 4.98 Å². The van der Waals surface area contributed by atoms with Crippen molar-refractivity contribution in [2.45, 2.75) is 20.0 Å². The minimum Gasteiger partial charge on any atom is -0.340 e. The van der Waals surface area contributed by atoms with E-state index in [0.29, 0.717) is 17.2 Å². The number of rotatable bonds is 5. The van der Waals surface area contributed by atoms with Crippen molar-refractivity contribution in [1.29, 1.82) is 0 Å². The van der Waals surface area contributed by atoms with Gasteiger partial charge in [-0.05, 0) is 48.0 Å². The van der Waals surface area contributed by atoms with E-state index < -0.39 is 11.7 Å². The molecule has 2 aromatic carbocycles. The fourth-order valence-corrected chi connectivity index (χ4v) is 2.62. The van der Waals surface area contributed by atoms with Crippen molar-refractivity contribution in [2.75, 3.05) is 10.6 Å². The van der Waals surface area contributed by atoms with Gasteiger partial charge in [0.1, 0.15) is 5.82 Å². The second-order valence-corrected chi connectivity index (χ2v) is 6.86. The van der Waals surface area contributed by atoms with Crippen LogP contribution in [0.25, 0.3) is 11.1 Å². The molecule has 0 spiro atoms. The lowest BCUT2D eigenvalue weighted by Crippen LogP contribution is -2.17. The number of nitrogens with zero attached hydrogens (tertiary/aromatic N) is 1. The van der Waals surface area contributed by atoms with Crippen molar-refractivity contribution >= 4 is 23.1 Å². The summed E-state index contributed by atoms with van der Waals surface area (Å²) in [6.45, 7) is 3.64. The van der Waals surface area contributed by atoms with Gasteiger partial charge in [-0.2, -0.15) is 13.2 Å². The van der Waals surface area contributed by atoms with E-state index in [1.165, 1.54) is 6.07 Å². The molecule has 29 heavy (non-hydrogen) atoms. The van der Waals surface area contributed by atoms with E-state index in [1.807, 2.05) is 38.1 Å². The molecule has 3 aromatic rings. The standard InChI is InChI=1S/C22H20F3N3O/c1-14(2)21(29)28-18-7-3-5-15(11-18)16-9-10-20(26-13-16)27-19-8-4-6-17(12-19)22(23,24)25/h3-14H,1-2H3,(H,26,27)(H,28,29). The van der Waals surface area contributed by atoms with Crippen molar-refractivity contribution in [2.24, 2.45) is 5.92 Å². The Hall–Kier alpha value is -3.35. The number of pyridine rings is 1. The van der Waals surface area contributed by atoms with Crippen LogP contribution in [0.15, 0.2) is 66.9 Å². The molecule has 1 heterocycles. The molecule has 0 unspecified atom stereocenters. The first-order valence-electron chi connectivity index (χ1n) is 9.04. The van der Waals surface area contributed by atoms with Crippen molar-refractivity contribution in [3.8, 4) is 11.1 Å². The smallest absolute Gasteiger partial charge is 0.340 e. The van der Waals surface area contributed by atoms with Crippen molar-refractivity contribution in [3.63, 3.8) is 0 Å². The summed E-state index contributed by atoms with van der Waals surface area (Å²) in [4.78, 5) is 16.1. The minimum absolute atomic E-state index is 0.0686. The van der Waals surface area contributed by atoms with E-state index >= 15 is 0 Å². The molecule has 0 atom stereocenters. The Kier molecular flexibility index (Phi) is 5.87. The Bertz CT molecular complexity index is 999. The highest BCUT2D eigenvalue weighted by atomic mass is 19.4. The number of halogens is 3. The molecule has 0 radical (unpaired) electrons. The average Bonchev–Trinajstić information content (AvgIpc) is 2.68. The molecule has 0 saturated heterocycles. The maximum Gasteiger partial charge on any atom is 0.416 e. The van der Waals surface area contributed by atoms with Gasteiger partial charge in [0.05, 0.1) is 5.56 Å². The Morgan fingerprint density at radius 1 is 0.931 bits per heavy atom. The number of hydrogen-bond donors (Lipinski definition) is 2. The first-order valence-corrected chi connectivity index (χ1v) is 9.04. The summed E-state index contributed by atoms with van der Waals surface area (Å²) < 4.78 is 38.5. The number of amides is 1. The van der Waals surface area contributed by atoms with Gasteiger partial charge in [0.15, 0.2) is 0 Å². The van der Waals surface area contributed by atoms with Crippen LogP contribution < -0.4 is 10.6 Å². The lowest BCUT2D eigenvalue weighted by molar-refractivity contribution is -0.137. The number of anilines is 3. The van der Waals surface area contributed by atoms with Crippen molar-refractivity contribution in [3.05, 3.63) is 72.4 Å². The third-order valence-corrected chi connectivity index (χ3v) is 4.21. The molecular weight excluding hydrogens is 379 g/mol.